The molecule has 37 heavy (non-hydrogen) atoms. The van der Waals surface area contributed by atoms with Crippen molar-refractivity contribution < 1.29 is 24.0 Å². The molecule has 7 heteroatoms. The van der Waals surface area contributed by atoms with Crippen molar-refractivity contribution in [3.63, 3.8) is 0 Å². The predicted octanol–water partition coefficient (Wildman–Crippen LogP) is 4.96. The number of rotatable bonds is 5. The van der Waals surface area contributed by atoms with Crippen molar-refractivity contribution in [3.8, 4) is 5.75 Å². The molecule has 0 bridgehead atoms. The molecular formula is C30H22N2O5. The Morgan fingerprint density at radius 1 is 0.676 bits per heavy atom. The topological polar surface area (TPSA) is 76.2 Å². The average Bonchev–Trinajstić information content (AvgIpc) is 3.46. The molecule has 0 unspecified atom stereocenters. The zero-order valence-electron chi connectivity index (χ0n) is 19.6. The minimum absolute atomic E-state index is 0.316. The highest BCUT2D eigenvalue weighted by Crippen LogP contribution is 2.47. The summed E-state index contributed by atoms with van der Waals surface area (Å²) in [5, 5.41) is 1.64. The summed E-state index contributed by atoms with van der Waals surface area (Å²) < 4.78 is 5.52. The van der Waals surface area contributed by atoms with Crippen molar-refractivity contribution in [2.75, 3.05) is 9.96 Å². The fraction of sp³-hybridized carbons (Fsp3) is 0.100. The maximum absolute atomic E-state index is 13.7. The fourth-order valence-corrected chi connectivity index (χ4v) is 4.86. The number of hydrogen-bond acceptors (Lipinski definition) is 6. The van der Waals surface area contributed by atoms with Gasteiger partial charge in [-0.15, -0.1) is 0 Å². The molecule has 2 amide bonds. The first-order valence-electron chi connectivity index (χ1n) is 11.9. The molecule has 2 heterocycles. The number of esters is 1. The molecule has 0 aromatic heterocycles. The first-order valence-corrected chi connectivity index (χ1v) is 11.9. The number of hydrogen-bond donors (Lipinski definition) is 0. The van der Waals surface area contributed by atoms with Gasteiger partial charge in [-0.2, -0.15) is 0 Å². The van der Waals surface area contributed by atoms with Crippen molar-refractivity contribution in [1.82, 2.24) is 0 Å². The van der Waals surface area contributed by atoms with Crippen LogP contribution >= 0.6 is 0 Å². The highest BCUT2D eigenvalue weighted by molar-refractivity contribution is 6.23. The van der Waals surface area contributed by atoms with Gasteiger partial charge in [-0.3, -0.25) is 14.4 Å². The number of para-hydroxylation sites is 2. The third-order valence-corrected chi connectivity index (χ3v) is 6.58. The van der Waals surface area contributed by atoms with Crippen LogP contribution in [0.15, 0.2) is 115 Å². The molecule has 3 atom stereocenters. The molecule has 6 rings (SSSR count). The molecule has 0 spiro atoms. The molecule has 0 radical (unpaired) electrons. The van der Waals surface area contributed by atoms with E-state index in [1.807, 2.05) is 42.5 Å². The highest BCUT2D eigenvalue weighted by atomic mass is 16.7. The minimum Gasteiger partial charge on any atom is -0.423 e. The maximum Gasteiger partial charge on any atom is 0.343 e. The van der Waals surface area contributed by atoms with Crippen molar-refractivity contribution in [2.24, 2.45) is 5.92 Å². The van der Waals surface area contributed by atoms with E-state index >= 15 is 0 Å². The van der Waals surface area contributed by atoms with E-state index in [9.17, 15) is 14.4 Å². The monoisotopic (exact) mass is 490 g/mol. The van der Waals surface area contributed by atoms with Crippen LogP contribution in [0.25, 0.3) is 0 Å². The summed E-state index contributed by atoms with van der Waals surface area (Å²) in [5.74, 6) is -1.54. The molecule has 0 saturated carbocycles. The van der Waals surface area contributed by atoms with E-state index < -0.39 is 29.9 Å². The standard InChI is InChI=1S/C30H22N2O5/c33-28-25-26(20-16-18-24(19-17-20)36-30(35)21-10-4-1-5-11-21)32(23-14-8-3-9-15-23)37-27(25)29(34)31(28)22-12-6-2-7-13-22/h1-19,25-27H/t25-,26+,27-/m0/s1. The molecule has 182 valence electrons. The first kappa shape index (κ1) is 22.7. The lowest BCUT2D eigenvalue weighted by atomic mass is 9.90. The molecule has 0 N–H and O–H groups in total. The van der Waals surface area contributed by atoms with Crippen LogP contribution in [0, 0.1) is 5.92 Å². The van der Waals surface area contributed by atoms with Crippen LogP contribution in [-0.2, 0) is 14.4 Å². The second kappa shape index (κ2) is 9.37. The number of hydroxylamine groups is 1. The van der Waals surface area contributed by atoms with Gasteiger partial charge in [0.05, 0.1) is 23.0 Å². The molecule has 2 aliphatic heterocycles. The van der Waals surface area contributed by atoms with Crippen LogP contribution in [0.2, 0.25) is 0 Å². The van der Waals surface area contributed by atoms with E-state index in [1.165, 1.54) is 4.90 Å². The Morgan fingerprint density at radius 2 is 1.24 bits per heavy atom. The molecule has 2 fully saturated rings. The van der Waals surface area contributed by atoms with E-state index in [1.54, 1.807) is 77.9 Å². The van der Waals surface area contributed by atoms with Crippen LogP contribution in [0.5, 0.6) is 5.75 Å². The number of carbonyl (C=O) groups is 3. The summed E-state index contributed by atoms with van der Waals surface area (Å²) in [6, 6.07) is 33.4. The van der Waals surface area contributed by atoms with Crippen molar-refractivity contribution >= 4 is 29.2 Å². The van der Waals surface area contributed by atoms with Crippen LogP contribution in [0.3, 0.4) is 0 Å². The third kappa shape index (κ3) is 4.05. The number of carbonyl (C=O) groups excluding carboxylic acids is 3. The van der Waals surface area contributed by atoms with E-state index in [2.05, 4.69) is 0 Å². The number of amides is 2. The van der Waals surface area contributed by atoms with Gasteiger partial charge >= 0.3 is 5.97 Å². The number of benzene rings is 4. The van der Waals surface area contributed by atoms with E-state index in [0.29, 0.717) is 17.0 Å². The summed E-state index contributed by atoms with van der Waals surface area (Å²) in [5.41, 5.74) is 2.45. The van der Waals surface area contributed by atoms with Crippen molar-refractivity contribution in [3.05, 3.63) is 126 Å². The Labute approximate surface area is 213 Å². The third-order valence-electron chi connectivity index (χ3n) is 6.58. The fourth-order valence-electron chi connectivity index (χ4n) is 4.86. The van der Waals surface area contributed by atoms with Crippen LogP contribution < -0.4 is 14.7 Å². The Morgan fingerprint density at radius 3 is 1.86 bits per heavy atom. The number of ether oxygens (including phenoxy) is 1. The number of imide groups is 1. The van der Waals surface area contributed by atoms with Crippen molar-refractivity contribution in [2.45, 2.75) is 12.1 Å². The maximum atomic E-state index is 13.7. The second-order valence-corrected chi connectivity index (χ2v) is 8.83. The summed E-state index contributed by atoms with van der Waals surface area (Å²) in [6.45, 7) is 0. The highest BCUT2D eigenvalue weighted by Gasteiger charge is 2.60. The summed E-state index contributed by atoms with van der Waals surface area (Å²) in [4.78, 5) is 46.8. The van der Waals surface area contributed by atoms with Gasteiger partial charge in [0.2, 0.25) is 5.91 Å². The average molecular weight is 491 g/mol. The first-order chi connectivity index (χ1) is 18.1. The van der Waals surface area contributed by atoms with Gasteiger partial charge in [-0.05, 0) is 54.1 Å². The summed E-state index contributed by atoms with van der Waals surface area (Å²) in [6.07, 6.45) is -0.950. The van der Waals surface area contributed by atoms with Gasteiger partial charge in [-0.25, -0.2) is 14.8 Å². The molecule has 7 nitrogen and oxygen atoms in total. The van der Waals surface area contributed by atoms with E-state index in [0.717, 1.165) is 11.3 Å². The largest absolute Gasteiger partial charge is 0.423 e. The normalized spacial score (nSPS) is 20.7. The van der Waals surface area contributed by atoms with Crippen molar-refractivity contribution in [1.29, 1.82) is 0 Å². The Balaban J connectivity index is 1.33. The molecule has 2 saturated heterocycles. The zero-order valence-corrected chi connectivity index (χ0v) is 19.6. The SMILES string of the molecule is O=C(Oc1ccc([C@@H]2[C@@H]3C(=O)N(c4ccccc4)C(=O)[C@H]3ON2c2ccccc2)cc1)c1ccccc1. The minimum atomic E-state index is -0.950. The summed E-state index contributed by atoms with van der Waals surface area (Å²) >= 11 is 0. The lowest BCUT2D eigenvalue weighted by Gasteiger charge is -2.28. The quantitative estimate of drug-likeness (QED) is 0.224. The Kier molecular flexibility index (Phi) is 5.75. The Bertz CT molecular complexity index is 1440. The Hall–Kier alpha value is -4.75. The number of anilines is 2. The second-order valence-electron chi connectivity index (χ2n) is 8.83. The number of fused-ring (bicyclic) bond motifs is 1. The van der Waals surface area contributed by atoms with Gasteiger partial charge in [0, 0.05) is 0 Å². The van der Waals surface area contributed by atoms with E-state index in [-0.39, 0.29) is 5.91 Å². The molecule has 4 aromatic rings. The van der Waals surface area contributed by atoms with Gasteiger partial charge in [0.25, 0.3) is 5.91 Å². The van der Waals surface area contributed by atoms with E-state index in [4.69, 9.17) is 9.57 Å². The van der Waals surface area contributed by atoms with Crippen LogP contribution in [-0.4, -0.2) is 23.9 Å². The van der Waals surface area contributed by atoms with Gasteiger partial charge < -0.3 is 4.74 Å². The predicted molar refractivity (Wildman–Crippen MR) is 137 cm³/mol. The smallest absolute Gasteiger partial charge is 0.343 e. The van der Waals surface area contributed by atoms with Gasteiger partial charge in [0.15, 0.2) is 6.10 Å². The zero-order chi connectivity index (χ0) is 25.4. The lowest BCUT2D eigenvalue weighted by molar-refractivity contribution is -0.126. The lowest BCUT2D eigenvalue weighted by Crippen LogP contribution is -2.37. The summed E-state index contributed by atoms with van der Waals surface area (Å²) in [7, 11) is 0. The number of nitrogens with zero attached hydrogens (tertiary/aromatic N) is 2. The molecule has 4 aromatic carbocycles. The van der Waals surface area contributed by atoms with Gasteiger partial charge in [-0.1, -0.05) is 66.7 Å². The van der Waals surface area contributed by atoms with Gasteiger partial charge in [0.1, 0.15) is 11.7 Å². The molecule has 0 aliphatic carbocycles. The molecule has 2 aliphatic rings. The van der Waals surface area contributed by atoms with Crippen LogP contribution in [0.4, 0.5) is 11.4 Å². The molecular weight excluding hydrogens is 468 g/mol. The van der Waals surface area contributed by atoms with Crippen LogP contribution in [0.1, 0.15) is 22.0 Å².